The number of amides is 1. The zero-order chi connectivity index (χ0) is 23.8. The molecule has 0 saturated heterocycles. The van der Waals surface area contributed by atoms with Crippen molar-refractivity contribution in [1.82, 2.24) is 20.2 Å². The van der Waals surface area contributed by atoms with Crippen molar-refractivity contribution in [3.05, 3.63) is 74.9 Å². The molecule has 10 nitrogen and oxygen atoms in total. The summed E-state index contributed by atoms with van der Waals surface area (Å²) in [5.41, 5.74) is 3.34. The molecular formula is C20H20ClN7O3S2. The standard InChI is InChI=1S/C20H20ClN7O3S2/c1-3-10-27-17(12-22-15-6-4-14(21)5-7-15)24-26-20(27)32-13(2)19(29)25-23-11-16-8-9-18(33-16)28(30)31/h3-9,11,13,22H,1,10,12H2,2H3,(H,25,29). The van der Waals surface area contributed by atoms with Crippen LogP contribution in [0.3, 0.4) is 0 Å². The van der Waals surface area contributed by atoms with Crippen LogP contribution in [-0.2, 0) is 17.9 Å². The van der Waals surface area contributed by atoms with E-state index >= 15 is 0 Å². The molecule has 1 amide bonds. The third-order valence-corrected chi connectivity index (χ3v) is 6.51. The van der Waals surface area contributed by atoms with Crippen LogP contribution in [0, 0.1) is 10.1 Å². The number of halogens is 1. The fourth-order valence-corrected chi connectivity index (χ4v) is 4.26. The predicted octanol–water partition coefficient (Wildman–Crippen LogP) is 4.33. The summed E-state index contributed by atoms with van der Waals surface area (Å²) >= 11 is 8.12. The number of carbonyl (C=O) groups is 1. The Bertz CT molecular complexity index is 1160. The van der Waals surface area contributed by atoms with E-state index < -0.39 is 10.2 Å². The summed E-state index contributed by atoms with van der Waals surface area (Å²) in [6.07, 6.45) is 3.10. The molecule has 13 heteroatoms. The van der Waals surface area contributed by atoms with Crippen molar-refractivity contribution in [2.75, 3.05) is 5.32 Å². The number of nitrogens with one attached hydrogen (secondary N) is 2. The lowest BCUT2D eigenvalue weighted by Gasteiger charge is -2.12. The molecule has 0 aliphatic carbocycles. The number of rotatable bonds is 11. The molecule has 0 fully saturated rings. The maximum absolute atomic E-state index is 12.4. The fourth-order valence-electron chi connectivity index (χ4n) is 2.57. The summed E-state index contributed by atoms with van der Waals surface area (Å²) in [5.74, 6) is 0.355. The molecule has 0 aliphatic heterocycles. The van der Waals surface area contributed by atoms with Gasteiger partial charge in [-0.25, -0.2) is 5.43 Å². The van der Waals surface area contributed by atoms with E-state index in [0.717, 1.165) is 17.0 Å². The topological polar surface area (TPSA) is 127 Å². The lowest BCUT2D eigenvalue weighted by atomic mass is 10.3. The molecule has 33 heavy (non-hydrogen) atoms. The molecule has 172 valence electrons. The lowest BCUT2D eigenvalue weighted by molar-refractivity contribution is -0.380. The molecular weight excluding hydrogens is 486 g/mol. The maximum Gasteiger partial charge on any atom is 0.324 e. The molecule has 0 spiro atoms. The van der Waals surface area contributed by atoms with Gasteiger partial charge < -0.3 is 9.88 Å². The first-order valence-corrected chi connectivity index (χ1v) is 11.7. The highest BCUT2D eigenvalue weighted by Gasteiger charge is 2.19. The number of thioether (sulfide) groups is 1. The van der Waals surface area contributed by atoms with Crippen LogP contribution >= 0.6 is 34.7 Å². The van der Waals surface area contributed by atoms with Crippen molar-refractivity contribution in [3.8, 4) is 0 Å². The monoisotopic (exact) mass is 505 g/mol. The highest BCUT2D eigenvalue weighted by Crippen LogP contribution is 2.24. The number of aromatic nitrogens is 3. The molecule has 2 aromatic heterocycles. The Labute approximate surface area is 202 Å². The van der Waals surface area contributed by atoms with Gasteiger partial charge in [0.15, 0.2) is 11.0 Å². The van der Waals surface area contributed by atoms with Gasteiger partial charge in [0.25, 0.3) is 5.91 Å². The Hall–Kier alpha value is -3.22. The number of hydrogen-bond donors (Lipinski definition) is 2. The largest absolute Gasteiger partial charge is 0.378 e. The number of nitro groups is 1. The van der Waals surface area contributed by atoms with E-state index in [-0.39, 0.29) is 10.9 Å². The normalized spacial score (nSPS) is 11.9. The van der Waals surface area contributed by atoms with Gasteiger partial charge in [0.05, 0.1) is 27.8 Å². The van der Waals surface area contributed by atoms with Gasteiger partial charge in [0.1, 0.15) is 0 Å². The van der Waals surface area contributed by atoms with Crippen molar-refractivity contribution in [2.24, 2.45) is 5.10 Å². The maximum atomic E-state index is 12.4. The van der Waals surface area contributed by atoms with Crippen LogP contribution in [0.2, 0.25) is 5.02 Å². The molecule has 1 atom stereocenters. The molecule has 0 aliphatic rings. The van der Waals surface area contributed by atoms with Crippen molar-refractivity contribution in [1.29, 1.82) is 0 Å². The van der Waals surface area contributed by atoms with E-state index in [1.807, 2.05) is 16.7 Å². The molecule has 1 aromatic carbocycles. The van der Waals surface area contributed by atoms with Crippen molar-refractivity contribution < 1.29 is 9.72 Å². The van der Waals surface area contributed by atoms with E-state index in [9.17, 15) is 14.9 Å². The number of anilines is 1. The number of hydrazone groups is 1. The summed E-state index contributed by atoms with van der Waals surface area (Å²) in [7, 11) is 0. The third kappa shape index (κ3) is 6.88. The Morgan fingerprint density at radius 1 is 1.36 bits per heavy atom. The van der Waals surface area contributed by atoms with Gasteiger partial charge in [-0.3, -0.25) is 14.9 Å². The minimum atomic E-state index is -0.510. The first kappa shape index (κ1) is 24.4. The highest BCUT2D eigenvalue weighted by atomic mass is 35.5. The lowest BCUT2D eigenvalue weighted by Crippen LogP contribution is -2.27. The zero-order valence-electron chi connectivity index (χ0n) is 17.5. The second kappa shape index (κ2) is 11.6. The number of nitrogens with zero attached hydrogens (tertiary/aromatic N) is 5. The van der Waals surface area contributed by atoms with E-state index in [1.165, 1.54) is 24.0 Å². The van der Waals surface area contributed by atoms with Gasteiger partial charge in [-0.05, 0) is 37.3 Å². The second-order valence-corrected chi connectivity index (χ2v) is 9.42. The fraction of sp³-hybridized carbons (Fsp3) is 0.200. The van der Waals surface area contributed by atoms with Gasteiger partial charge in [-0.2, -0.15) is 5.10 Å². The molecule has 2 heterocycles. The molecule has 3 rings (SSSR count). The highest BCUT2D eigenvalue weighted by molar-refractivity contribution is 8.00. The summed E-state index contributed by atoms with van der Waals surface area (Å²) in [6.45, 7) is 6.42. The van der Waals surface area contributed by atoms with Crippen LogP contribution in [0.4, 0.5) is 10.7 Å². The Morgan fingerprint density at radius 3 is 2.79 bits per heavy atom. The van der Waals surface area contributed by atoms with Crippen LogP contribution in [0.15, 0.2) is 59.3 Å². The van der Waals surface area contributed by atoms with E-state index in [1.54, 1.807) is 31.2 Å². The molecule has 1 unspecified atom stereocenters. The van der Waals surface area contributed by atoms with E-state index in [2.05, 4.69) is 32.6 Å². The van der Waals surface area contributed by atoms with Gasteiger partial charge in [-0.1, -0.05) is 40.8 Å². The second-order valence-electron chi connectivity index (χ2n) is 6.59. The average molecular weight is 506 g/mol. The van der Waals surface area contributed by atoms with Gasteiger partial charge in [-0.15, -0.1) is 16.8 Å². The number of hydrogen-bond acceptors (Lipinski definition) is 9. The third-order valence-electron chi connectivity index (χ3n) is 4.21. The van der Waals surface area contributed by atoms with Gasteiger partial charge in [0, 0.05) is 23.3 Å². The first-order chi connectivity index (χ1) is 15.9. The summed E-state index contributed by atoms with van der Waals surface area (Å²) in [5, 5.41) is 27.1. The van der Waals surface area contributed by atoms with Gasteiger partial charge in [0.2, 0.25) is 0 Å². The quantitative estimate of drug-likeness (QED) is 0.130. The van der Waals surface area contributed by atoms with Crippen LogP contribution in [0.1, 0.15) is 17.6 Å². The molecule has 2 N–H and O–H groups in total. The Morgan fingerprint density at radius 2 is 2.12 bits per heavy atom. The first-order valence-electron chi connectivity index (χ1n) is 9.63. The van der Waals surface area contributed by atoms with Gasteiger partial charge >= 0.3 is 5.00 Å². The molecule has 0 radical (unpaired) electrons. The molecule has 0 bridgehead atoms. The Kier molecular flexibility index (Phi) is 8.58. The van der Waals surface area contributed by atoms with Crippen LogP contribution in [0.25, 0.3) is 0 Å². The minimum Gasteiger partial charge on any atom is -0.378 e. The van der Waals surface area contributed by atoms with Crippen molar-refractivity contribution >= 4 is 57.5 Å². The summed E-state index contributed by atoms with van der Waals surface area (Å²) < 4.78 is 1.87. The number of carbonyl (C=O) groups excluding carboxylic acids is 1. The van der Waals surface area contributed by atoms with Crippen LogP contribution in [0.5, 0.6) is 0 Å². The number of benzene rings is 1. The predicted molar refractivity (Wildman–Crippen MR) is 131 cm³/mol. The molecule has 0 saturated carbocycles. The summed E-state index contributed by atoms with van der Waals surface area (Å²) in [6, 6.07) is 10.3. The van der Waals surface area contributed by atoms with Crippen LogP contribution < -0.4 is 10.7 Å². The Balaban J connectivity index is 1.59. The zero-order valence-corrected chi connectivity index (χ0v) is 19.9. The van der Waals surface area contributed by atoms with E-state index in [0.29, 0.717) is 34.0 Å². The van der Waals surface area contributed by atoms with Crippen LogP contribution in [-0.4, -0.2) is 37.1 Å². The average Bonchev–Trinajstić information content (AvgIpc) is 3.41. The van der Waals surface area contributed by atoms with Crippen molar-refractivity contribution in [2.45, 2.75) is 30.4 Å². The smallest absolute Gasteiger partial charge is 0.324 e. The number of allylic oxidation sites excluding steroid dienone is 1. The number of thiophene rings is 1. The SMILES string of the molecule is C=CCn1c(CNc2ccc(Cl)cc2)nnc1SC(C)C(=O)NN=Cc1ccc([N+](=O)[O-])s1. The van der Waals surface area contributed by atoms with Crippen molar-refractivity contribution in [3.63, 3.8) is 0 Å². The molecule has 3 aromatic rings. The minimum absolute atomic E-state index is 0.00890. The van der Waals surface area contributed by atoms with E-state index in [4.69, 9.17) is 11.6 Å². The summed E-state index contributed by atoms with van der Waals surface area (Å²) in [4.78, 5) is 23.2.